The lowest BCUT2D eigenvalue weighted by Gasteiger charge is -2.15. The Bertz CT molecular complexity index is 271. The Morgan fingerprint density at radius 3 is 2.44 bits per heavy atom. The van der Waals surface area contributed by atoms with Gasteiger partial charge in [0, 0.05) is 6.42 Å². The highest BCUT2D eigenvalue weighted by Gasteiger charge is 2.20. The van der Waals surface area contributed by atoms with Gasteiger partial charge < -0.3 is 16.4 Å². The molecule has 0 radical (unpaired) electrons. The second-order valence-corrected chi connectivity index (χ2v) is 3.26. The van der Waals surface area contributed by atoms with E-state index in [0.29, 0.717) is 0 Å². The first-order valence-electron chi connectivity index (χ1n) is 4.82. The summed E-state index contributed by atoms with van der Waals surface area (Å²) in [4.78, 5) is 32.8. The molecule has 92 valence electrons. The molecule has 0 heterocycles. The third-order valence-corrected chi connectivity index (χ3v) is 1.87. The van der Waals surface area contributed by atoms with E-state index in [1.165, 1.54) is 0 Å². The van der Waals surface area contributed by atoms with Crippen LogP contribution in [0.4, 0.5) is 4.39 Å². The molecule has 0 aromatic carbocycles. The van der Waals surface area contributed by atoms with E-state index in [0.717, 1.165) is 0 Å². The van der Waals surface area contributed by atoms with Gasteiger partial charge in [-0.15, -0.1) is 0 Å². The third-order valence-electron chi connectivity index (χ3n) is 1.87. The van der Waals surface area contributed by atoms with Crippen LogP contribution in [0, 0.1) is 0 Å². The average Bonchev–Trinajstić information content (AvgIpc) is 2.23. The number of nitrogens with one attached hydrogen (secondary N) is 2. The maximum absolute atomic E-state index is 12.2. The van der Waals surface area contributed by atoms with Crippen LogP contribution in [0.25, 0.3) is 0 Å². The van der Waals surface area contributed by atoms with E-state index < -0.39 is 30.3 Å². The number of likely N-dealkylation sites (N-methyl/N-ethyl adjacent to an activating group) is 1. The molecular weight excluding hydrogens is 217 g/mol. The highest BCUT2D eigenvalue weighted by atomic mass is 19.1. The van der Waals surface area contributed by atoms with E-state index >= 15 is 0 Å². The Morgan fingerprint density at radius 1 is 1.38 bits per heavy atom. The van der Waals surface area contributed by atoms with Crippen molar-refractivity contribution in [2.24, 2.45) is 5.73 Å². The van der Waals surface area contributed by atoms with Gasteiger partial charge in [-0.2, -0.15) is 0 Å². The molecule has 6 nitrogen and oxygen atoms in total. The summed E-state index contributed by atoms with van der Waals surface area (Å²) in [5.74, 6) is -1.79. The molecule has 0 saturated carbocycles. The second kappa shape index (κ2) is 7.75. The van der Waals surface area contributed by atoms with Crippen molar-refractivity contribution in [1.29, 1.82) is 0 Å². The van der Waals surface area contributed by atoms with Crippen molar-refractivity contribution < 1.29 is 18.8 Å². The van der Waals surface area contributed by atoms with Crippen LogP contribution in [0.1, 0.15) is 12.8 Å². The SMILES string of the molecule is CNCC(=O)NC(CCC(N)=O)C(=O)CF. The fourth-order valence-electron chi connectivity index (χ4n) is 1.10. The lowest BCUT2D eigenvalue weighted by atomic mass is 10.1. The first-order chi connectivity index (χ1) is 7.51. The summed E-state index contributed by atoms with van der Waals surface area (Å²) in [7, 11) is 1.56. The maximum atomic E-state index is 12.2. The summed E-state index contributed by atoms with van der Waals surface area (Å²) in [6.45, 7) is -1.16. The van der Waals surface area contributed by atoms with E-state index in [-0.39, 0.29) is 19.4 Å². The number of Topliss-reactive ketones (excluding diaryl/α,β-unsaturated/α-hetero) is 1. The molecule has 1 atom stereocenters. The van der Waals surface area contributed by atoms with Crippen LogP contribution in [-0.2, 0) is 14.4 Å². The first kappa shape index (κ1) is 14.5. The normalized spacial score (nSPS) is 11.9. The van der Waals surface area contributed by atoms with Gasteiger partial charge in [0.2, 0.25) is 11.8 Å². The number of amides is 2. The number of ketones is 1. The molecule has 4 N–H and O–H groups in total. The van der Waals surface area contributed by atoms with Gasteiger partial charge in [-0.3, -0.25) is 14.4 Å². The highest BCUT2D eigenvalue weighted by Crippen LogP contribution is 1.99. The third kappa shape index (κ3) is 6.07. The smallest absolute Gasteiger partial charge is 0.234 e. The number of alkyl halides is 1. The molecule has 0 aromatic rings. The largest absolute Gasteiger partial charge is 0.370 e. The van der Waals surface area contributed by atoms with Crippen molar-refractivity contribution in [3.05, 3.63) is 0 Å². The molecule has 0 rings (SSSR count). The summed E-state index contributed by atoms with van der Waals surface area (Å²) in [6.07, 6.45) is -0.0518. The predicted molar refractivity (Wildman–Crippen MR) is 55.3 cm³/mol. The number of rotatable bonds is 8. The molecule has 0 aromatic heterocycles. The number of hydrogen-bond acceptors (Lipinski definition) is 4. The number of halogens is 1. The minimum absolute atomic E-state index is 0.0205. The molecule has 2 amide bonds. The van der Waals surface area contributed by atoms with Gasteiger partial charge in [0.15, 0.2) is 5.78 Å². The zero-order chi connectivity index (χ0) is 12.6. The molecule has 0 bridgehead atoms. The number of nitrogens with two attached hydrogens (primary N) is 1. The molecule has 0 spiro atoms. The number of primary amides is 1. The van der Waals surface area contributed by atoms with E-state index in [1.54, 1.807) is 7.05 Å². The van der Waals surface area contributed by atoms with E-state index in [1.807, 2.05) is 0 Å². The first-order valence-corrected chi connectivity index (χ1v) is 4.82. The minimum Gasteiger partial charge on any atom is -0.370 e. The average molecular weight is 233 g/mol. The predicted octanol–water partition coefficient (Wildman–Crippen LogP) is -1.51. The Hall–Kier alpha value is -1.50. The molecule has 0 aliphatic heterocycles. The van der Waals surface area contributed by atoms with Gasteiger partial charge in [-0.05, 0) is 13.5 Å². The Kier molecular flexibility index (Phi) is 7.02. The van der Waals surface area contributed by atoms with E-state index in [4.69, 9.17) is 5.73 Å². The lowest BCUT2D eigenvalue weighted by molar-refractivity contribution is -0.128. The van der Waals surface area contributed by atoms with Gasteiger partial charge in [0.1, 0.15) is 6.67 Å². The Labute approximate surface area is 92.7 Å². The molecular formula is C9H16FN3O3. The van der Waals surface area contributed by atoms with Gasteiger partial charge in [0.25, 0.3) is 0 Å². The quantitative estimate of drug-likeness (QED) is 0.474. The summed E-state index contributed by atoms with van der Waals surface area (Å²) in [6, 6.07) is -0.988. The topological polar surface area (TPSA) is 101 Å². The summed E-state index contributed by atoms with van der Waals surface area (Å²) < 4.78 is 12.2. The summed E-state index contributed by atoms with van der Waals surface area (Å²) in [5, 5.41) is 4.91. The second-order valence-electron chi connectivity index (χ2n) is 3.26. The van der Waals surface area contributed by atoms with E-state index in [9.17, 15) is 18.8 Å². The van der Waals surface area contributed by atoms with Crippen LogP contribution in [0.15, 0.2) is 0 Å². The number of hydrogen-bond donors (Lipinski definition) is 3. The zero-order valence-corrected chi connectivity index (χ0v) is 9.09. The maximum Gasteiger partial charge on any atom is 0.234 e. The fourth-order valence-corrected chi connectivity index (χ4v) is 1.10. The van der Waals surface area contributed by atoms with Crippen molar-refractivity contribution in [2.45, 2.75) is 18.9 Å². The van der Waals surface area contributed by atoms with Crippen molar-refractivity contribution in [3.63, 3.8) is 0 Å². The van der Waals surface area contributed by atoms with Gasteiger partial charge in [0.05, 0.1) is 12.6 Å². The molecule has 0 aliphatic rings. The van der Waals surface area contributed by atoms with Crippen molar-refractivity contribution >= 4 is 17.6 Å². The molecule has 1 unspecified atom stereocenters. The van der Waals surface area contributed by atoms with Gasteiger partial charge >= 0.3 is 0 Å². The van der Waals surface area contributed by atoms with Gasteiger partial charge in [-0.25, -0.2) is 4.39 Å². The van der Waals surface area contributed by atoms with Crippen LogP contribution in [0.2, 0.25) is 0 Å². The van der Waals surface area contributed by atoms with Crippen LogP contribution < -0.4 is 16.4 Å². The van der Waals surface area contributed by atoms with E-state index in [2.05, 4.69) is 10.6 Å². The monoisotopic (exact) mass is 233 g/mol. The van der Waals surface area contributed by atoms with Crippen molar-refractivity contribution in [2.75, 3.05) is 20.3 Å². The fraction of sp³-hybridized carbons (Fsp3) is 0.667. The van der Waals surface area contributed by atoms with Crippen LogP contribution >= 0.6 is 0 Å². The zero-order valence-electron chi connectivity index (χ0n) is 9.09. The summed E-state index contributed by atoms with van der Waals surface area (Å²) in [5.41, 5.74) is 4.90. The highest BCUT2D eigenvalue weighted by molar-refractivity contribution is 5.90. The minimum atomic E-state index is -1.18. The standard InChI is InChI=1S/C9H16FN3O3/c1-12-5-9(16)13-6(7(14)4-10)2-3-8(11)15/h6,12H,2-5H2,1H3,(H2,11,15)(H,13,16). The van der Waals surface area contributed by atoms with Gasteiger partial charge in [-0.1, -0.05) is 0 Å². The number of carbonyl (C=O) groups excluding carboxylic acids is 3. The van der Waals surface area contributed by atoms with Crippen LogP contribution in [-0.4, -0.2) is 43.9 Å². The van der Waals surface area contributed by atoms with Crippen LogP contribution in [0.5, 0.6) is 0 Å². The molecule has 0 saturated heterocycles. The molecule has 7 heteroatoms. The summed E-state index contributed by atoms with van der Waals surface area (Å²) >= 11 is 0. The molecule has 16 heavy (non-hydrogen) atoms. The van der Waals surface area contributed by atoms with Crippen LogP contribution in [0.3, 0.4) is 0 Å². The lowest BCUT2D eigenvalue weighted by Crippen LogP contribution is -2.45. The number of carbonyl (C=O) groups is 3. The van der Waals surface area contributed by atoms with Crippen molar-refractivity contribution in [1.82, 2.24) is 10.6 Å². The van der Waals surface area contributed by atoms with Crippen molar-refractivity contribution in [3.8, 4) is 0 Å². The molecule has 0 aliphatic carbocycles. The Balaban J connectivity index is 4.25. The molecule has 0 fully saturated rings. The Morgan fingerprint density at radius 2 is 2.00 bits per heavy atom.